The van der Waals surface area contributed by atoms with Gasteiger partial charge in [-0.3, -0.25) is 0 Å². The van der Waals surface area contributed by atoms with E-state index in [1.807, 2.05) is 11.0 Å². The minimum Gasteiger partial charge on any atom is -0.393 e. The summed E-state index contributed by atoms with van der Waals surface area (Å²) in [5.74, 6) is -0.0847. The summed E-state index contributed by atoms with van der Waals surface area (Å²) in [6.07, 6.45) is 2.74. The van der Waals surface area contributed by atoms with Crippen molar-refractivity contribution in [3.8, 4) is 0 Å². The molecule has 2 N–H and O–H groups in total. The lowest BCUT2D eigenvalue weighted by molar-refractivity contribution is -0.0963. The summed E-state index contributed by atoms with van der Waals surface area (Å²) in [4.78, 5) is 16.3. The molecule has 0 spiro atoms. The van der Waals surface area contributed by atoms with Gasteiger partial charge in [0.05, 0.1) is 25.0 Å². The fourth-order valence-corrected chi connectivity index (χ4v) is 4.38. The number of aliphatic hydroxyl groups is 1. The zero-order valence-corrected chi connectivity index (χ0v) is 16.7. The van der Waals surface area contributed by atoms with Crippen molar-refractivity contribution >= 4 is 11.7 Å². The van der Waals surface area contributed by atoms with Crippen molar-refractivity contribution in [2.24, 2.45) is 5.92 Å². The molecule has 3 aliphatic rings. The van der Waals surface area contributed by atoms with Crippen molar-refractivity contribution < 1.29 is 23.8 Å². The normalized spacial score (nSPS) is 24.1. The molecule has 3 fully saturated rings. The monoisotopic (exact) mass is 407 g/mol. The molecule has 0 aliphatic carbocycles. The number of piperidine rings is 2. The second-order valence-electron chi connectivity index (χ2n) is 8.12. The molecule has 2 amide bonds. The van der Waals surface area contributed by atoms with Gasteiger partial charge in [-0.2, -0.15) is 0 Å². The molecule has 1 unspecified atom stereocenters. The maximum atomic E-state index is 14.6. The van der Waals surface area contributed by atoms with Crippen LogP contribution in [0.4, 0.5) is 14.9 Å². The lowest BCUT2D eigenvalue weighted by atomic mass is 9.98. The number of ether oxygens (including phenoxy) is 2. The Kier molecular flexibility index (Phi) is 6.52. The number of anilines is 1. The number of carbonyl (C=O) groups is 1. The lowest BCUT2D eigenvalue weighted by Gasteiger charge is -2.34. The van der Waals surface area contributed by atoms with Gasteiger partial charge in [-0.05, 0) is 43.4 Å². The van der Waals surface area contributed by atoms with E-state index in [1.165, 1.54) is 6.07 Å². The Bertz CT molecular complexity index is 705. The van der Waals surface area contributed by atoms with E-state index in [0.29, 0.717) is 57.9 Å². The molecule has 7 nitrogen and oxygen atoms in total. The summed E-state index contributed by atoms with van der Waals surface area (Å²) in [7, 11) is 0. The molecule has 1 aromatic carbocycles. The molecular weight excluding hydrogens is 377 g/mol. The maximum Gasteiger partial charge on any atom is 0.317 e. The molecule has 1 atom stereocenters. The van der Waals surface area contributed by atoms with E-state index < -0.39 is 0 Å². The van der Waals surface area contributed by atoms with Crippen LogP contribution in [0.2, 0.25) is 0 Å². The SMILES string of the molecule is O=C(NCc1ccc(N2CCC(O)CC2)c(F)c1)N1CCCC(C2OCCO2)C1. The van der Waals surface area contributed by atoms with Crippen molar-refractivity contribution in [2.45, 2.75) is 44.6 Å². The minimum absolute atomic E-state index is 0.137. The van der Waals surface area contributed by atoms with Gasteiger partial charge in [0.1, 0.15) is 5.82 Å². The highest BCUT2D eigenvalue weighted by atomic mass is 19.1. The first-order valence-electron chi connectivity index (χ1n) is 10.6. The average molecular weight is 407 g/mol. The molecule has 3 aliphatic heterocycles. The van der Waals surface area contributed by atoms with Crippen LogP contribution in [-0.2, 0) is 16.0 Å². The Morgan fingerprint density at radius 3 is 2.66 bits per heavy atom. The van der Waals surface area contributed by atoms with Gasteiger partial charge < -0.3 is 29.7 Å². The van der Waals surface area contributed by atoms with E-state index in [9.17, 15) is 14.3 Å². The van der Waals surface area contributed by atoms with E-state index in [2.05, 4.69) is 5.32 Å². The molecule has 1 aromatic rings. The number of aliphatic hydroxyl groups excluding tert-OH is 1. The third-order valence-corrected chi connectivity index (χ3v) is 6.04. The number of halogens is 1. The number of hydrogen-bond acceptors (Lipinski definition) is 5. The van der Waals surface area contributed by atoms with Crippen molar-refractivity contribution in [3.05, 3.63) is 29.6 Å². The minimum atomic E-state index is -0.290. The average Bonchev–Trinajstić information content (AvgIpc) is 3.28. The van der Waals surface area contributed by atoms with Crippen molar-refractivity contribution in [1.82, 2.24) is 10.2 Å². The van der Waals surface area contributed by atoms with E-state index >= 15 is 0 Å². The molecule has 160 valence electrons. The predicted octanol–water partition coefficient (Wildman–Crippen LogP) is 2.08. The van der Waals surface area contributed by atoms with Gasteiger partial charge in [0, 0.05) is 38.6 Å². The van der Waals surface area contributed by atoms with Crippen LogP contribution in [0.15, 0.2) is 18.2 Å². The Morgan fingerprint density at radius 1 is 1.17 bits per heavy atom. The van der Waals surface area contributed by atoms with Crippen LogP contribution in [0.3, 0.4) is 0 Å². The Labute approximate surface area is 170 Å². The zero-order valence-electron chi connectivity index (χ0n) is 16.7. The number of benzene rings is 1. The van der Waals surface area contributed by atoms with Crippen LogP contribution in [0.1, 0.15) is 31.2 Å². The van der Waals surface area contributed by atoms with Crippen LogP contribution in [-0.4, -0.2) is 67.8 Å². The van der Waals surface area contributed by atoms with Crippen LogP contribution in [0.25, 0.3) is 0 Å². The van der Waals surface area contributed by atoms with E-state index in [-0.39, 0.29) is 36.7 Å². The highest BCUT2D eigenvalue weighted by Gasteiger charge is 2.32. The smallest absolute Gasteiger partial charge is 0.317 e. The zero-order chi connectivity index (χ0) is 20.2. The predicted molar refractivity (Wildman–Crippen MR) is 106 cm³/mol. The highest BCUT2D eigenvalue weighted by Crippen LogP contribution is 2.26. The van der Waals surface area contributed by atoms with E-state index in [4.69, 9.17) is 9.47 Å². The first-order valence-corrected chi connectivity index (χ1v) is 10.6. The Balaban J connectivity index is 1.29. The number of rotatable bonds is 4. The van der Waals surface area contributed by atoms with Crippen LogP contribution >= 0.6 is 0 Å². The maximum absolute atomic E-state index is 14.6. The molecule has 3 saturated heterocycles. The Hall–Kier alpha value is -1.90. The van der Waals surface area contributed by atoms with Gasteiger partial charge in [-0.25, -0.2) is 9.18 Å². The number of urea groups is 1. The molecule has 8 heteroatoms. The standard InChI is InChI=1S/C21H30FN3O4/c22-18-12-15(3-4-19(18)24-8-5-17(26)6-9-24)13-23-21(27)25-7-1-2-16(14-25)20-28-10-11-29-20/h3-4,12,16-17,20,26H,1-2,5-11,13-14H2,(H,23,27). The number of amides is 2. The topological polar surface area (TPSA) is 74.3 Å². The third kappa shape index (κ3) is 4.99. The number of likely N-dealkylation sites (tertiary alicyclic amines) is 1. The molecule has 3 heterocycles. The van der Waals surface area contributed by atoms with Crippen LogP contribution in [0.5, 0.6) is 0 Å². The van der Waals surface area contributed by atoms with Gasteiger partial charge >= 0.3 is 6.03 Å². The molecule has 0 radical (unpaired) electrons. The van der Waals surface area contributed by atoms with E-state index in [1.54, 1.807) is 11.0 Å². The summed E-state index contributed by atoms with van der Waals surface area (Å²) in [5, 5.41) is 12.5. The van der Waals surface area contributed by atoms with Gasteiger partial charge in [0.2, 0.25) is 0 Å². The highest BCUT2D eigenvalue weighted by molar-refractivity contribution is 5.74. The third-order valence-electron chi connectivity index (χ3n) is 6.04. The number of hydrogen-bond donors (Lipinski definition) is 2. The number of nitrogens with one attached hydrogen (secondary N) is 1. The van der Waals surface area contributed by atoms with E-state index in [0.717, 1.165) is 18.4 Å². The van der Waals surface area contributed by atoms with Gasteiger partial charge in [-0.15, -0.1) is 0 Å². The molecule has 4 rings (SSSR count). The van der Waals surface area contributed by atoms with Crippen molar-refractivity contribution in [3.63, 3.8) is 0 Å². The quantitative estimate of drug-likeness (QED) is 0.800. The fraction of sp³-hybridized carbons (Fsp3) is 0.667. The second kappa shape index (κ2) is 9.28. The lowest BCUT2D eigenvalue weighted by Crippen LogP contribution is -2.47. The Morgan fingerprint density at radius 2 is 1.93 bits per heavy atom. The number of nitrogens with zero attached hydrogens (tertiary/aromatic N) is 2. The summed E-state index contributed by atoms with van der Waals surface area (Å²) in [6, 6.07) is 4.96. The summed E-state index contributed by atoms with van der Waals surface area (Å²) >= 11 is 0. The van der Waals surface area contributed by atoms with Gasteiger partial charge in [0.15, 0.2) is 6.29 Å². The molecular formula is C21H30FN3O4. The van der Waals surface area contributed by atoms with Crippen molar-refractivity contribution in [1.29, 1.82) is 0 Å². The number of carbonyl (C=O) groups excluding carboxylic acids is 1. The summed E-state index contributed by atoms with van der Waals surface area (Å²) in [6.45, 7) is 4.15. The molecule has 29 heavy (non-hydrogen) atoms. The fourth-order valence-electron chi connectivity index (χ4n) is 4.38. The second-order valence-corrected chi connectivity index (χ2v) is 8.12. The first-order chi connectivity index (χ1) is 14.1. The summed E-state index contributed by atoms with van der Waals surface area (Å²) < 4.78 is 25.8. The van der Waals surface area contributed by atoms with Crippen LogP contribution < -0.4 is 10.2 Å². The largest absolute Gasteiger partial charge is 0.393 e. The van der Waals surface area contributed by atoms with Crippen molar-refractivity contribution in [2.75, 3.05) is 44.3 Å². The van der Waals surface area contributed by atoms with Crippen LogP contribution in [0, 0.1) is 11.7 Å². The summed E-state index contributed by atoms with van der Waals surface area (Å²) in [5.41, 5.74) is 1.29. The molecule has 0 bridgehead atoms. The van der Waals surface area contributed by atoms with Gasteiger partial charge in [0.25, 0.3) is 0 Å². The molecule has 0 aromatic heterocycles. The van der Waals surface area contributed by atoms with Gasteiger partial charge in [-0.1, -0.05) is 6.07 Å². The first kappa shape index (κ1) is 20.4. The molecule has 0 saturated carbocycles.